The van der Waals surface area contributed by atoms with Crippen molar-refractivity contribution in [3.8, 4) is 0 Å². The highest BCUT2D eigenvalue weighted by molar-refractivity contribution is 5.73. The minimum atomic E-state index is 0.0139. The van der Waals surface area contributed by atoms with E-state index in [-0.39, 0.29) is 12.5 Å². The molecule has 0 atom stereocenters. The third kappa shape index (κ3) is 4.13. The van der Waals surface area contributed by atoms with Gasteiger partial charge in [-0.25, -0.2) is 0 Å². The van der Waals surface area contributed by atoms with Crippen molar-refractivity contribution in [1.29, 1.82) is 0 Å². The van der Waals surface area contributed by atoms with Gasteiger partial charge >= 0.3 is 0 Å². The Morgan fingerprint density at radius 2 is 1.93 bits per heavy atom. The highest BCUT2D eigenvalue weighted by Gasteiger charge is 2.06. The van der Waals surface area contributed by atoms with Crippen LogP contribution < -0.4 is 0 Å². The summed E-state index contributed by atoms with van der Waals surface area (Å²) < 4.78 is 0. The first kappa shape index (κ1) is 11.7. The summed E-state index contributed by atoms with van der Waals surface area (Å²) >= 11 is 0. The Kier molecular flexibility index (Phi) is 4.84. The average Bonchev–Trinajstić information content (AvgIpc) is 2.25. The standard InChI is InChI=1S/C12H17NO2/c1-11(15)13(9-10-14)8-7-12-5-3-2-4-6-12/h2-6,14H,7-10H2,1H3. The maximum absolute atomic E-state index is 11.2. The number of aliphatic hydroxyl groups is 1. The normalized spacial score (nSPS) is 10.0. The zero-order chi connectivity index (χ0) is 11.1. The van der Waals surface area contributed by atoms with Gasteiger partial charge in [-0.05, 0) is 12.0 Å². The maximum Gasteiger partial charge on any atom is 0.219 e. The van der Waals surface area contributed by atoms with Crippen molar-refractivity contribution in [3.63, 3.8) is 0 Å². The molecule has 0 aliphatic carbocycles. The van der Waals surface area contributed by atoms with Gasteiger partial charge in [0.25, 0.3) is 0 Å². The van der Waals surface area contributed by atoms with E-state index < -0.39 is 0 Å². The summed E-state index contributed by atoms with van der Waals surface area (Å²) in [6.45, 7) is 2.64. The van der Waals surface area contributed by atoms with Crippen molar-refractivity contribution in [2.45, 2.75) is 13.3 Å². The van der Waals surface area contributed by atoms with Crippen LogP contribution in [0.3, 0.4) is 0 Å². The van der Waals surface area contributed by atoms with Crippen LogP contribution in [0.15, 0.2) is 30.3 Å². The SMILES string of the molecule is CC(=O)N(CCO)CCc1ccccc1. The summed E-state index contributed by atoms with van der Waals surface area (Å²) in [5, 5.41) is 8.79. The highest BCUT2D eigenvalue weighted by atomic mass is 16.3. The second kappa shape index (κ2) is 6.19. The Balaban J connectivity index is 2.43. The number of benzene rings is 1. The summed E-state index contributed by atoms with van der Waals surface area (Å²) in [5.41, 5.74) is 1.21. The maximum atomic E-state index is 11.2. The van der Waals surface area contributed by atoms with Gasteiger partial charge in [-0.2, -0.15) is 0 Å². The molecule has 0 aliphatic rings. The van der Waals surface area contributed by atoms with Gasteiger partial charge in [-0.3, -0.25) is 4.79 Å². The van der Waals surface area contributed by atoms with Gasteiger partial charge in [0, 0.05) is 20.0 Å². The number of carbonyl (C=O) groups is 1. The van der Waals surface area contributed by atoms with E-state index in [2.05, 4.69) is 0 Å². The summed E-state index contributed by atoms with van der Waals surface area (Å²) in [6.07, 6.45) is 0.834. The molecule has 0 aromatic heterocycles. The summed E-state index contributed by atoms with van der Waals surface area (Å²) in [5.74, 6) is 0.0139. The molecule has 1 amide bonds. The van der Waals surface area contributed by atoms with Gasteiger partial charge in [0.2, 0.25) is 5.91 Å². The van der Waals surface area contributed by atoms with Gasteiger partial charge in [0.1, 0.15) is 0 Å². The molecule has 0 aliphatic heterocycles. The number of hydrogen-bond acceptors (Lipinski definition) is 2. The van der Waals surface area contributed by atoms with Crippen LogP contribution in [0.25, 0.3) is 0 Å². The topological polar surface area (TPSA) is 40.5 Å². The van der Waals surface area contributed by atoms with Crippen molar-refractivity contribution < 1.29 is 9.90 Å². The number of carbonyl (C=O) groups excluding carboxylic acids is 1. The second-order valence-corrected chi connectivity index (χ2v) is 3.47. The van der Waals surface area contributed by atoms with E-state index in [4.69, 9.17) is 5.11 Å². The van der Waals surface area contributed by atoms with Crippen LogP contribution in [-0.2, 0) is 11.2 Å². The first-order chi connectivity index (χ1) is 7.24. The molecule has 0 saturated carbocycles. The number of hydrogen-bond donors (Lipinski definition) is 1. The van der Waals surface area contributed by atoms with Gasteiger partial charge in [0.05, 0.1) is 6.61 Å². The van der Waals surface area contributed by atoms with Crippen LogP contribution in [-0.4, -0.2) is 35.6 Å². The van der Waals surface area contributed by atoms with Crippen molar-refractivity contribution in [3.05, 3.63) is 35.9 Å². The van der Waals surface area contributed by atoms with Crippen molar-refractivity contribution in [2.24, 2.45) is 0 Å². The van der Waals surface area contributed by atoms with Crippen molar-refractivity contribution in [1.82, 2.24) is 4.90 Å². The van der Waals surface area contributed by atoms with E-state index in [0.29, 0.717) is 13.1 Å². The van der Waals surface area contributed by atoms with Gasteiger partial charge in [0.15, 0.2) is 0 Å². The molecule has 0 heterocycles. The first-order valence-corrected chi connectivity index (χ1v) is 5.14. The summed E-state index contributed by atoms with van der Waals surface area (Å²) in [7, 11) is 0. The van der Waals surface area contributed by atoms with Crippen LogP contribution in [0, 0.1) is 0 Å². The molecule has 1 aromatic carbocycles. The van der Waals surface area contributed by atoms with E-state index >= 15 is 0 Å². The molecule has 3 heteroatoms. The molecule has 1 aromatic rings. The zero-order valence-electron chi connectivity index (χ0n) is 9.02. The van der Waals surface area contributed by atoms with Crippen molar-refractivity contribution >= 4 is 5.91 Å². The Morgan fingerprint density at radius 3 is 2.47 bits per heavy atom. The Hall–Kier alpha value is -1.35. The van der Waals surface area contributed by atoms with E-state index in [1.807, 2.05) is 30.3 Å². The zero-order valence-corrected chi connectivity index (χ0v) is 9.02. The van der Waals surface area contributed by atoms with Crippen LogP contribution in [0.5, 0.6) is 0 Å². The molecule has 0 radical (unpaired) electrons. The third-order valence-electron chi connectivity index (χ3n) is 2.33. The largest absolute Gasteiger partial charge is 0.395 e. The molecule has 1 rings (SSSR count). The fraction of sp³-hybridized carbons (Fsp3) is 0.417. The molecule has 0 bridgehead atoms. The number of amides is 1. The van der Waals surface area contributed by atoms with E-state index in [9.17, 15) is 4.79 Å². The van der Waals surface area contributed by atoms with E-state index in [1.165, 1.54) is 12.5 Å². The molecule has 0 spiro atoms. The number of nitrogens with zero attached hydrogens (tertiary/aromatic N) is 1. The molecule has 82 valence electrons. The van der Waals surface area contributed by atoms with E-state index in [0.717, 1.165) is 6.42 Å². The lowest BCUT2D eigenvalue weighted by atomic mass is 10.1. The summed E-state index contributed by atoms with van der Waals surface area (Å²) in [4.78, 5) is 12.8. The lowest BCUT2D eigenvalue weighted by Gasteiger charge is -2.19. The number of aliphatic hydroxyl groups excluding tert-OH is 1. The third-order valence-corrected chi connectivity index (χ3v) is 2.33. The Morgan fingerprint density at radius 1 is 1.27 bits per heavy atom. The monoisotopic (exact) mass is 207 g/mol. The smallest absolute Gasteiger partial charge is 0.219 e. The Labute approximate surface area is 90.3 Å². The first-order valence-electron chi connectivity index (χ1n) is 5.14. The quantitative estimate of drug-likeness (QED) is 0.784. The molecule has 1 N–H and O–H groups in total. The van der Waals surface area contributed by atoms with Crippen LogP contribution >= 0.6 is 0 Å². The van der Waals surface area contributed by atoms with Gasteiger partial charge in [-0.15, -0.1) is 0 Å². The minimum Gasteiger partial charge on any atom is -0.395 e. The predicted octanol–water partition coefficient (Wildman–Crippen LogP) is 1.07. The fourth-order valence-corrected chi connectivity index (χ4v) is 1.46. The molecule has 3 nitrogen and oxygen atoms in total. The van der Waals surface area contributed by atoms with Crippen LogP contribution in [0.2, 0.25) is 0 Å². The molecule has 0 saturated heterocycles. The lowest BCUT2D eigenvalue weighted by Crippen LogP contribution is -2.33. The molecule has 0 fully saturated rings. The fourth-order valence-electron chi connectivity index (χ4n) is 1.46. The highest BCUT2D eigenvalue weighted by Crippen LogP contribution is 2.01. The number of rotatable bonds is 5. The second-order valence-electron chi connectivity index (χ2n) is 3.47. The Bertz CT molecular complexity index is 298. The molecular weight excluding hydrogens is 190 g/mol. The minimum absolute atomic E-state index is 0.0139. The van der Waals surface area contributed by atoms with Crippen molar-refractivity contribution in [2.75, 3.05) is 19.7 Å². The van der Waals surface area contributed by atoms with Gasteiger partial charge in [-0.1, -0.05) is 30.3 Å². The summed E-state index contributed by atoms with van der Waals surface area (Å²) in [6, 6.07) is 10.0. The lowest BCUT2D eigenvalue weighted by molar-refractivity contribution is -0.129. The average molecular weight is 207 g/mol. The van der Waals surface area contributed by atoms with Crippen LogP contribution in [0.4, 0.5) is 0 Å². The predicted molar refractivity (Wildman–Crippen MR) is 59.5 cm³/mol. The molecular formula is C12H17NO2. The van der Waals surface area contributed by atoms with Crippen LogP contribution in [0.1, 0.15) is 12.5 Å². The van der Waals surface area contributed by atoms with Gasteiger partial charge < -0.3 is 10.0 Å². The van der Waals surface area contributed by atoms with E-state index in [1.54, 1.807) is 4.90 Å². The molecule has 15 heavy (non-hydrogen) atoms. The molecule has 0 unspecified atom stereocenters.